The highest BCUT2D eigenvalue weighted by atomic mass is 35.5. The summed E-state index contributed by atoms with van der Waals surface area (Å²) in [5.41, 5.74) is 0.900. The number of nitrogens with one attached hydrogen (secondary N) is 1. The Balaban J connectivity index is 0.00000289. The van der Waals surface area contributed by atoms with E-state index < -0.39 is 12.0 Å². The second-order valence-electron chi connectivity index (χ2n) is 3.79. The van der Waals surface area contributed by atoms with Gasteiger partial charge in [-0.05, 0) is 38.1 Å². The van der Waals surface area contributed by atoms with Crippen LogP contribution in [-0.4, -0.2) is 35.1 Å². The second kappa shape index (κ2) is 6.98. The highest BCUT2D eigenvalue weighted by molar-refractivity contribution is 5.96. The van der Waals surface area contributed by atoms with E-state index in [4.69, 9.17) is 5.11 Å². The lowest BCUT2D eigenvalue weighted by atomic mass is 10.0. The van der Waals surface area contributed by atoms with E-state index in [1.807, 2.05) is 0 Å². The number of likely N-dealkylation sites (N-methyl/N-ethyl adjacent to an activating group) is 1. The fourth-order valence-electron chi connectivity index (χ4n) is 1.54. The van der Waals surface area contributed by atoms with Crippen LogP contribution < -0.4 is 5.32 Å². The number of carbonyl (C=O) groups is 2. The van der Waals surface area contributed by atoms with Crippen LogP contribution in [0.5, 0.6) is 5.75 Å². The quantitative estimate of drug-likeness (QED) is 0.703. The molecule has 5 nitrogen and oxygen atoms in total. The molecule has 0 heterocycles. The van der Waals surface area contributed by atoms with Crippen LogP contribution in [0.15, 0.2) is 18.2 Å². The summed E-state index contributed by atoms with van der Waals surface area (Å²) in [7, 11) is 1.56. The molecule has 1 aromatic rings. The number of phenolic OH excluding ortho intramolecular Hbond substituents is 1. The maximum atomic E-state index is 11.2. The summed E-state index contributed by atoms with van der Waals surface area (Å²) in [6.45, 7) is 1.35. The summed E-state index contributed by atoms with van der Waals surface area (Å²) in [5.74, 6) is -1.29. The Labute approximate surface area is 111 Å². The van der Waals surface area contributed by atoms with Crippen LogP contribution in [0.4, 0.5) is 0 Å². The smallest absolute Gasteiger partial charge is 0.321 e. The third-order valence-electron chi connectivity index (χ3n) is 2.53. The van der Waals surface area contributed by atoms with Gasteiger partial charge in [-0.15, -0.1) is 12.4 Å². The molecule has 0 aliphatic heterocycles. The summed E-state index contributed by atoms with van der Waals surface area (Å²) in [4.78, 5) is 22.1. The van der Waals surface area contributed by atoms with Crippen molar-refractivity contribution in [2.75, 3.05) is 7.05 Å². The zero-order chi connectivity index (χ0) is 13.0. The van der Waals surface area contributed by atoms with Crippen molar-refractivity contribution in [3.63, 3.8) is 0 Å². The van der Waals surface area contributed by atoms with Crippen LogP contribution in [0.1, 0.15) is 22.8 Å². The van der Waals surface area contributed by atoms with Crippen molar-refractivity contribution in [3.05, 3.63) is 29.3 Å². The van der Waals surface area contributed by atoms with Crippen LogP contribution in [0.2, 0.25) is 0 Å². The number of Topliss-reactive ketones (excluding diaryl/α,β-unsaturated/α-hetero) is 1. The Morgan fingerprint density at radius 2 is 2.00 bits per heavy atom. The Hall–Kier alpha value is -1.59. The summed E-state index contributed by atoms with van der Waals surface area (Å²) < 4.78 is 0. The van der Waals surface area contributed by atoms with E-state index in [2.05, 4.69) is 5.32 Å². The van der Waals surface area contributed by atoms with Crippen LogP contribution >= 0.6 is 12.4 Å². The topological polar surface area (TPSA) is 86.6 Å². The lowest BCUT2D eigenvalue weighted by Gasteiger charge is -2.12. The number of halogens is 1. The molecule has 0 bridgehead atoms. The summed E-state index contributed by atoms with van der Waals surface area (Å²) in [6.07, 6.45) is 0.256. The van der Waals surface area contributed by atoms with E-state index in [0.29, 0.717) is 5.56 Å². The maximum Gasteiger partial charge on any atom is 0.321 e. The van der Waals surface area contributed by atoms with E-state index in [1.54, 1.807) is 13.1 Å². The molecule has 0 unspecified atom stereocenters. The zero-order valence-corrected chi connectivity index (χ0v) is 11.0. The Kier molecular flexibility index (Phi) is 6.36. The Bertz CT molecular complexity index is 448. The highest BCUT2D eigenvalue weighted by Gasteiger charge is 2.16. The zero-order valence-electron chi connectivity index (χ0n) is 10.1. The first-order valence-electron chi connectivity index (χ1n) is 5.18. The van der Waals surface area contributed by atoms with Crippen molar-refractivity contribution in [2.45, 2.75) is 19.4 Å². The fourth-order valence-corrected chi connectivity index (χ4v) is 1.54. The molecule has 1 rings (SSSR count). The molecule has 100 valence electrons. The van der Waals surface area contributed by atoms with Crippen LogP contribution in [0.3, 0.4) is 0 Å². The minimum Gasteiger partial charge on any atom is -0.507 e. The maximum absolute atomic E-state index is 11.2. The third-order valence-corrected chi connectivity index (χ3v) is 2.53. The van der Waals surface area contributed by atoms with Crippen molar-refractivity contribution >= 4 is 24.2 Å². The van der Waals surface area contributed by atoms with Crippen LogP contribution in [0.25, 0.3) is 0 Å². The summed E-state index contributed by atoms with van der Waals surface area (Å²) >= 11 is 0. The highest BCUT2D eigenvalue weighted by Crippen LogP contribution is 2.19. The number of carboxylic acid groups (broad SMARTS) is 1. The molecule has 6 heteroatoms. The van der Waals surface area contributed by atoms with Gasteiger partial charge in [0, 0.05) is 0 Å². The summed E-state index contributed by atoms with van der Waals surface area (Å²) in [5, 5.41) is 21.0. The van der Waals surface area contributed by atoms with Crippen molar-refractivity contribution in [1.29, 1.82) is 0 Å². The SMILES string of the molecule is CN[C@@H](Cc1ccc(O)c(C(C)=O)c1)C(=O)O.Cl. The molecule has 0 aromatic heterocycles. The van der Waals surface area contributed by atoms with Gasteiger partial charge in [-0.25, -0.2) is 0 Å². The molecule has 0 amide bonds. The van der Waals surface area contributed by atoms with E-state index in [-0.39, 0.29) is 35.9 Å². The number of ketones is 1. The van der Waals surface area contributed by atoms with Gasteiger partial charge in [-0.1, -0.05) is 6.07 Å². The van der Waals surface area contributed by atoms with Crippen molar-refractivity contribution in [1.82, 2.24) is 5.32 Å². The van der Waals surface area contributed by atoms with Crippen molar-refractivity contribution in [2.24, 2.45) is 0 Å². The van der Waals surface area contributed by atoms with E-state index in [0.717, 1.165) is 0 Å². The molecule has 18 heavy (non-hydrogen) atoms. The van der Waals surface area contributed by atoms with Gasteiger partial charge in [-0.2, -0.15) is 0 Å². The number of rotatable bonds is 5. The first-order chi connectivity index (χ1) is 7.95. The minimum atomic E-state index is -0.954. The molecule has 0 saturated carbocycles. The molecule has 3 N–H and O–H groups in total. The first-order valence-corrected chi connectivity index (χ1v) is 5.18. The number of aromatic hydroxyl groups is 1. The molecule has 0 fully saturated rings. The summed E-state index contributed by atoms with van der Waals surface area (Å²) in [6, 6.07) is 3.82. The monoisotopic (exact) mass is 273 g/mol. The van der Waals surface area contributed by atoms with Gasteiger partial charge in [0.1, 0.15) is 11.8 Å². The molecule has 0 saturated heterocycles. The van der Waals surface area contributed by atoms with Crippen molar-refractivity contribution < 1.29 is 19.8 Å². The number of hydrogen-bond donors (Lipinski definition) is 3. The fraction of sp³-hybridized carbons (Fsp3) is 0.333. The van der Waals surface area contributed by atoms with Gasteiger partial charge in [0.15, 0.2) is 5.78 Å². The van der Waals surface area contributed by atoms with E-state index in [9.17, 15) is 14.7 Å². The predicted molar refractivity (Wildman–Crippen MR) is 69.5 cm³/mol. The number of carboxylic acids is 1. The molecular formula is C12H16ClNO4. The van der Waals surface area contributed by atoms with Crippen molar-refractivity contribution in [3.8, 4) is 5.75 Å². The van der Waals surface area contributed by atoms with Gasteiger partial charge < -0.3 is 15.5 Å². The standard InChI is InChI=1S/C12H15NO4.ClH/c1-7(14)9-5-8(3-4-11(9)15)6-10(13-2)12(16)17;/h3-5,10,13,15H,6H2,1-2H3,(H,16,17);1H/t10-;/m0./s1. The van der Waals surface area contributed by atoms with Crippen LogP contribution in [-0.2, 0) is 11.2 Å². The molecule has 0 spiro atoms. The number of hydrogen-bond acceptors (Lipinski definition) is 4. The van der Waals surface area contributed by atoms with E-state index >= 15 is 0 Å². The largest absolute Gasteiger partial charge is 0.507 e. The average Bonchev–Trinajstić information content (AvgIpc) is 2.27. The van der Waals surface area contributed by atoms with Gasteiger partial charge in [-0.3, -0.25) is 9.59 Å². The van der Waals surface area contributed by atoms with Gasteiger partial charge in [0.2, 0.25) is 0 Å². The Morgan fingerprint density at radius 1 is 1.39 bits per heavy atom. The molecule has 0 radical (unpaired) electrons. The molecule has 0 aliphatic rings. The molecule has 1 aromatic carbocycles. The minimum absolute atomic E-state index is 0. The number of phenols is 1. The molecule has 0 aliphatic carbocycles. The number of carbonyl (C=O) groups excluding carboxylic acids is 1. The predicted octanol–water partition coefficient (Wildman–Crippen LogP) is 1.23. The Morgan fingerprint density at radius 3 is 2.44 bits per heavy atom. The average molecular weight is 274 g/mol. The van der Waals surface area contributed by atoms with Crippen LogP contribution in [0, 0.1) is 0 Å². The van der Waals surface area contributed by atoms with Gasteiger partial charge in [0.25, 0.3) is 0 Å². The van der Waals surface area contributed by atoms with E-state index in [1.165, 1.54) is 19.1 Å². The second-order valence-corrected chi connectivity index (χ2v) is 3.79. The van der Waals surface area contributed by atoms with Gasteiger partial charge in [0.05, 0.1) is 5.56 Å². The number of aliphatic carboxylic acids is 1. The lowest BCUT2D eigenvalue weighted by Crippen LogP contribution is -2.35. The van der Waals surface area contributed by atoms with Gasteiger partial charge >= 0.3 is 5.97 Å². The molecule has 1 atom stereocenters. The molecular weight excluding hydrogens is 258 g/mol. The number of benzene rings is 1. The first kappa shape index (κ1) is 16.4. The lowest BCUT2D eigenvalue weighted by molar-refractivity contribution is -0.139. The normalized spacial score (nSPS) is 11.4. The third kappa shape index (κ3) is 4.01.